The fourth-order valence-electron chi connectivity index (χ4n) is 1.43. The third-order valence-electron chi connectivity index (χ3n) is 2.30. The van der Waals surface area contributed by atoms with E-state index in [4.69, 9.17) is 31.5 Å². The van der Waals surface area contributed by atoms with Gasteiger partial charge in [-0.3, -0.25) is 0 Å². The second-order valence-corrected chi connectivity index (χ2v) is 3.52. The summed E-state index contributed by atoms with van der Waals surface area (Å²) in [6.07, 6.45) is 0. The Morgan fingerprint density at radius 1 is 1.06 bits per heavy atom. The summed E-state index contributed by atoms with van der Waals surface area (Å²) in [7, 11) is 4.71. The third kappa shape index (κ3) is 2.51. The SMILES string of the molecule is COc1cc(OC)c(C(N)CCl)cc1OC. The van der Waals surface area contributed by atoms with Crippen LogP contribution in [0.5, 0.6) is 17.2 Å². The highest BCUT2D eigenvalue weighted by Gasteiger charge is 2.16. The maximum absolute atomic E-state index is 5.88. The standard InChI is InChI=1S/C11H16ClNO3/c1-14-9-5-11(16-3)10(15-2)4-7(9)8(13)6-12/h4-5,8H,6,13H2,1-3H3. The Morgan fingerprint density at radius 2 is 1.56 bits per heavy atom. The molecule has 0 aliphatic heterocycles. The lowest BCUT2D eigenvalue weighted by atomic mass is 10.1. The highest BCUT2D eigenvalue weighted by Crippen LogP contribution is 2.36. The van der Waals surface area contributed by atoms with Crippen LogP contribution in [0.2, 0.25) is 0 Å². The molecule has 1 unspecified atom stereocenters. The Hall–Kier alpha value is -1.13. The van der Waals surface area contributed by atoms with Gasteiger partial charge in [-0.15, -0.1) is 11.6 Å². The summed E-state index contributed by atoms with van der Waals surface area (Å²) >= 11 is 5.73. The molecule has 0 radical (unpaired) electrons. The second kappa shape index (κ2) is 5.82. The average Bonchev–Trinajstić information content (AvgIpc) is 2.35. The number of methoxy groups -OCH3 is 3. The zero-order valence-corrected chi connectivity index (χ0v) is 10.4. The van der Waals surface area contributed by atoms with E-state index in [0.717, 1.165) is 5.56 Å². The lowest BCUT2D eigenvalue weighted by Crippen LogP contribution is -2.13. The van der Waals surface area contributed by atoms with E-state index < -0.39 is 0 Å². The average molecular weight is 246 g/mol. The van der Waals surface area contributed by atoms with Crippen LogP contribution in [-0.2, 0) is 0 Å². The molecule has 1 aromatic carbocycles. The minimum Gasteiger partial charge on any atom is -0.496 e. The van der Waals surface area contributed by atoms with Crippen molar-refractivity contribution in [3.63, 3.8) is 0 Å². The molecule has 0 aliphatic carbocycles. The molecule has 1 aromatic rings. The van der Waals surface area contributed by atoms with Gasteiger partial charge < -0.3 is 19.9 Å². The number of rotatable bonds is 5. The van der Waals surface area contributed by atoms with Crippen molar-refractivity contribution in [1.29, 1.82) is 0 Å². The van der Waals surface area contributed by atoms with Crippen LogP contribution in [0.25, 0.3) is 0 Å². The molecule has 0 saturated heterocycles. The van der Waals surface area contributed by atoms with Gasteiger partial charge in [0.1, 0.15) is 5.75 Å². The number of hydrogen-bond donors (Lipinski definition) is 1. The van der Waals surface area contributed by atoms with Crippen molar-refractivity contribution in [3.8, 4) is 17.2 Å². The van der Waals surface area contributed by atoms with E-state index in [-0.39, 0.29) is 6.04 Å². The topological polar surface area (TPSA) is 53.7 Å². The highest BCUT2D eigenvalue weighted by molar-refractivity contribution is 6.18. The van der Waals surface area contributed by atoms with Crippen LogP contribution in [0.15, 0.2) is 12.1 Å². The van der Waals surface area contributed by atoms with Crippen molar-refractivity contribution in [1.82, 2.24) is 0 Å². The van der Waals surface area contributed by atoms with Gasteiger partial charge in [-0.2, -0.15) is 0 Å². The van der Waals surface area contributed by atoms with Gasteiger partial charge in [0.15, 0.2) is 11.5 Å². The zero-order chi connectivity index (χ0) is 12.1. The van der Waals surface area contributed by atoms with Gasteiger partial charge in [-0.05, 0) is 6.07 Å². The smallest absolute Gasteiger partial charge is 0.164 e. The largest absolute Gasteiger partial charge is 0.496 e. The van der Waals surface area contributed by atoms with Crippen LogP contribution in [0.1, 0.15) is 11.6 Å². The van der Waals surface area contributed by atoms with Crippen molar-refractivity contribution in [2.24, 2.45) is 5.73 Å². The molecule has 5 heteroatoms. The molecule has 90 valence electrons. The first-order valence-electron chi connectivity index (χ1n) is 4.79. The van der Waals surface area contributed by atoms with Crippen molar-refractivity contribution in [2.45, 2.75) is 6.04 Å². The van der Waals surface area contributed by atoms with Crippen molar-refractivity contribution in [3.05, 3.63) is 17.7 Å². The van der Waals surface area contributed by atoms with Crippen LogP contribution in [-0.4, -0.2) is 27.2 Å². The van der Waals surface area contributed by atoms with Crippen molar-refractivity contribution in [2.75, 3.05) is 27.2 Å². The number of hydrogen-bond acceptors (Lipinski definition) is 4. The molecule has 16 heavy (non-hydrogen) atoms. The summed E-state index contributed by atoms with van der Waals surface area (Å²) in [5.74, 6) is 2.17. The molecule has 0 amide bonds. The molecule has 0 spiro atoms. The lowest BCUT2D eigenvalue weighted by Gasteiger charge is -2.16. The van der Waals surface area contributed by atoms with E-state index in [2.05, 4.69) is 0 Å². The normalized spacial score (nSPS) is 12.1. The van der Waals surface area contributed by atoms with Crippen LogP contribution in [0, 0.1) is 0 Å². The predicted molar refractivity (Wildman–Crippen MR) is 63.7 cm³/mol. The maximum Gasteiger partial charge on any atom is 0.164 e. The lowest BCUT2D eigenvalue weighted by molar-refractivity contribution is 0.347. The monoisotopic (exact) mass is 245 g/mol. The highest BCUT2D eigenvalue weighted by atomic mass is 35.5. The summed E-state index contributed by atoms with van der Waals surface area (Å²) in [5.41, 5.74) is 6.68. The molecule has 0 bridgehead atoms. The summed E-state index contributed by atoms with van der Waals surface area (Å²) in [5, 5.41) is 0. The number of benzene rings is 1. The molecule has 1 rings (SSSR count). The van der Waals surface area contributed by atoms with Crippen molar-refractivity contribution >= 4 is 11.6 Å². The van der Waals surface area contributed by atoms with E-state index >= 15 is 0 Å². The van der Waals surface area contributed by atoms with Gasteiger partial charge in [0.25, 0.3) is 0 Å². The predicted octanol–water partition coefficient (Wildman–Crippen LogP) is 1.95. The first kappa shape index (κ1) is 12.9. The Morgan fingerprint density at radius 3 is 2.00 bits per heavy atom. The van der Waals surface area contributed by atoms with E-state index in [9.17, 15) is 0 Å². The number of alkyl halides is 1. The molecule has 0 heterocycles. The van der Waals surface area contributed by atoms with Gasteiger partial charge in [-0.1, -0.05) is 0 Å². The molecule has 2 N–H and O–H groups in total. The summed E-state index contributed by atoms with van der Waals surface area (Å²) in [6, 6.07) is 3.22. The molecular formula is C11H16ClNO3. The minimum atomic E-state index is -0.295. The molecule has 0 saturated carbocycles. The van der Waals surface area contributed by atoms with Gasteiger partial charge in [0.2, 0.25) is 0 Å². The van der Waals surface area contributed by atoms with Gasteiger partial charge >= 0.3 is 0 Å². The Kier molecular flexibility index (Phi) is 4.71. The second-order valence-electron chi connectivity index (χ2n) is 3.21. The van der Waals surface area contributed by atoms with Crippen molar-refractivity contribution < 1.29 is 14.2 Å². The number of nitrogens with two attached hydrogens (primary N) is 1. The van der Waals surface area contributed by atoms with Crippen LogP contribution >= 0.6 is 11.6 Å². The first-order chi connectivity index (χ1) is 7.67. The zero-order valence-electron chi connectivity index (χ0n) is 9.62. The van der Waals surface area contributed by atoms with Gasteiger partial charge in [-0.25, -0.2) is 0 Å². The molecule has 0 aromatic heterocycles. The Bertz CT molecular complexity index is 357. The molecule has 0 aliphatic rings. The minimum absolute atomic E-state index is 0.295. The van der Waals surface area contributed by atoms with Crippen LogP contribution in [0.4, 0.5) is 0 Å². The fraction of sp³-hybridized carbons (Fsp3) is 0.455. The molecular weight excluding hydrogens is 230 g/mol. The maximum atomic E-state index is 5.88. The Labute approximate surface area is 100 Å². The fourth-order valence-corrected chi connectivity index (χ4v) is 1.59. The first-order valence-corrected chi connectivity index (χ1v) is 5.32. The van der Waals surface area contributed by atoms with E-state index in [1.165, 1.54) is 0 Å². The quantitative estimate of drug-likeness (QED) is 0.806. The summed E-state index contributed by atoms with van der Waals surface area (Å²) in [6.45, 7) is 0. The van der Waals surface area contributed by atoms with Gasteiger partial charge in [0, 0.05) is 23.6 Å². The van der Waals surface area contributed by atoms with E-state index in [1.54, 1.807) is 33.5 Å². The van der Waals surface area contributed by atoms with E-state index in [1.807, 2.05) is 0 Å². The van der Waals surface area contributed by atoms with Crippen LogP contribution in [0.3, 0.4) is 0 Å². The Balaban J connectivity index is 3.25. The summed E-state index contributed by atoms with van der Waals surface area (Å²) in [4.78, 5) is 0. The molecule has 4 nitrogen and oxygen atoms in total. The van der Waals surface area contributed by atoms with Crippen LogP contribution < -0.4 is 19.9 Å². The molecule has 0 fully saturated rings. The number of ether oxygens (including phenoxy) is 3. The van der Waals surface area contributed by atoms with E-state index in [0.29, 0.717) is 23.1 Å². The summed E-state index contributed by atoms with van der Waals surface area (Å²) < 4.78 is 15.6. The third-order valence-corrected chi connectivity index (χ3v) is 2.63. The number of halogens is 1. The molecule has 1 atom stereocenters. The van der Waals surface area contributed by atoms with Gasteiger partial charge in [0.05, 0.1) is 21.3 Å².